The van der Waals surface area contributed by atoms with E-state index in [1.165, 1.54) is 6.33 Å². The lowest BCUT2D eigenvalue weighted by Crippen LogP contribution is -1.93. The number of hydrogen-bond acceptors (Lipinski definition) is 5. The van der Waals surface area contributed by atoms with E-state index < -0.39 is 0 Å². The van der Waals surface area contributed by atoms with E-state index in [2.05, 4.69) is 15.1 Å². The molecule has 1 aromatic heterocycles. The number of benzene rings is 2. The van der Waals surface area contributed by atoms with Crippen LogP contribution in [-0.2, 0) is 0 Å². The van der Waals surface area contributed by atoms with Crippen LogP contribution in [0.25, 0.3) is 10.9 Å². The summed E-state index contributed by atoms with van der Waals surface area (Å²) in [5.41, 5.74) is 1.74. The van der Waals surface area contributed by atoms with Crippen molar-refractivity contribution in [2.45, 2.75) is 6.92 Å². The maximum absolute atomic E-state index is 5.39. The van der Waals surface area contributed by atoms with Gasteiger partial charge in [0, 0.05) is 0 Å². The number of fused-ring (bicyclic) bond motifs is 1. The normalized spacial score (nSPS) is 11.0. The van der Waals surface area contributed by atoms with Crippen molar-refractivity contribution in [2.24, 2.45) is 5.16 Å². The average molecular weight is 293 g/mol. The van der Waals surface area contributed by atoms with Crippen LogP contribution in [0.15, 0.2) is 60.0 Å². The van der Waals surface area contributed by atoms with E-state index in [1.807, 2.05) is 55.5 Å². The number of aromatic nitrogens is 2. The summed E-state index contributed by atoms with van der Waals surface area (Å²) < 4.78 is 5.39. The van der Waals surface area contributed by atoms with Crippen molar-refractivity contribution < 1.29 is 9.57 Å². The van der Waals surface area contributed by atoms with Gasteiger partial charge in [-0.05, 0) is 48.9 Å². The highest BCUT2D eigenvalue weighted by Gasteiger charge is 2.03. The zero-order valence-electron chi connectivity index (χ0n) is 12.1. The lowest BCUT2D eigenvalue weighted by atomic mass is 10.2. The van der Waals surface area contributed by atoms with Crippen LogP contribution in [0.4, 0.5) is 0 Å². The number of oxime groups is 1. The summed E-state index contributed by atoms with van der Waals surface area (Å²) in [5, 5.41) is 4.81. The highest BCUT2D eigenvalue weighted by atomic mass is 16.6. The molecular formula is C17H15N3O2. The van der Waals surface area contributed by atoms with Crippen LogP contribution in [0.5, 0.6) is 11.6 Å². The molecule has 0 bridgehead atoms. The Balaban J connectivity index is 1.73. The van der Waals surface area contributed by atoms with Crippen LogP contribution < -0.4 is 9.57 Å². The van der Waals surface area contributed by atoms with E-state index in [0.717, 1.165) is 22.2 Å². The Hall–Kier alpha value is -2.95. The van der Waals surface area contributed by atoms with Crippen LogP contribution in [0.1, 0.15) is 12.5 Å². The predicted octanol–water partition coefficient (Wildman–Crippen LogP) is 3.44. The molecule has 0 spiro atoms. The number of nitrogens with zero attached hydrogens (tertiary/aromatic N) is 3. The minimum atomic E-state index is 0.438. The lowest BCUT2D eigenvalue weighted by molar-refractivity contribution is 0.334. The monoisotopic (exact) mass is 293 g/mol. The lowest BCUT2D eigenvalue weighted by Gasteiger charge is -2.03. The molecule has 1 heterocycles. The summed E-state index contributed by atoms with van der Waals surface area (Å²) in [7, 11) is 0. The first-order chi connectivity index (χ1) is 10.9. The summed E-state index contributed by atoms with van der Waals surface area (Å²) in [5.74, 6) is 1.27. The predicted molar refractivity (Wildman–Crippen MR) is 85.4 cm³/mol. The summed E-state index contributed by atoms with van der Waals surface area (Å²) in [4.78, 5) is 13.7. The molecule has 3 rings (SSSR count). The van der Waals surface area contributed by atoms with Gasteiger partial charge in [0.15, 0.2) is 0 Å². The van der Waals surface area contributed by atoms with E-state index in [0.29, 0.717) is 12.5 Å². The Morgan fingerprint density at radius 3 is 2.68 bits per heavy atom. The molecule has 0 atom stereocenters. The summed E-state index contributed by atoms with van der Waals surface area (Å²) >= 11 is 0. The van der Waals surface area contributed by atoms with Gasteiger partial charge in [0.25, 0.3) is 5.88 Å². The highest BCUT2D eigenvalue weighted by molar-refractivity contribution is 5.83. The van der Waals surface area contributed by atoms with E-state index in [-0.39, 0.29) is 0 Å². The Morgan fingerprint density at radius 2 is 1.86 bits per heavy atom. The van der Waals surface area contributed by atoms with Crippen molar-refractivity contribution >= 4 is 17.1 Å². The molecule has 0 saturated heterocycles. The van der Waals surface area contributed by atoms with Crippen molar-refractivity contribution in [2.75, 3.05) is 6.61 Å². The molecule has 5 heteroatoms. The van der Waals surface area contributed by atoms with Crippen molar-refractivity contribution in [3.63, 3.8) is 0 Å². The molecule has 0 aliphatic heterocycles. The van der Waals surface area contributed by atoms with Crippen molar-refractivity contribution in [3.05, 3.63) is 60.4 Å². The minimum Gasteiger partial charge on any atom is -0.494 e. The molecule has 110 valence electrons. The van der Waals surface area contributed by atoms with Gasteiger partial charge in [-0.2, -0.15) is 4.98 Å². The molecule has 0 unspecified atom stereocenters. The molecule has 22 heavy (non-hydrogen) atoms. The summed E-state index contributed by atoms with van der Waals surface area (Å²) in [6, 6.07) is 15.2. The van der Waals surface area contributed by atoms with Gasteiger partial charge in [0.1, 0.15) is 12.1 Å². The topological polar surface area (TPSA) is 56.6 Å². The van der Waals surface area contributed by atoms with Gasteiger partial charge >= 0.3 is 0 Å². The quantitative estimate of drug-likeness (QED) is 0.534. The van der Waals surface area contributed by atoms with E-state index in [4.69, 9.17) is 9.57 Å². The van der Waals surface area contributed by atoms with E-state index in [9.17, 15) is 0 Å². The SMILES string of the molecule is CCOc1ccc(/C=N\Oc2ncnc3ccccc23)cc1. The number of para-hydroxylation sites is 1. The molecule has 5 nitrogen and oxygen atoms in total. The van der Waals surface area contributed by atoms with Crippen LogP contribution in [0, 0.1) is 0 Å². The Kier molecular flexibility index (Phi) is 4.25. The molecular weight excluding hydrogens is 278 g/mol. The first-order valence-electron chi connectivity index (χ1n) is 7.00. The van der Waals surface area contributed by atoms with Crippen LogP contribution in [0.2, 0.25) is 0 Å². The van der Waals surface area contributed by atoms with Gasteiger partial charge < -0.3 is 9.57 Å². The molecule has 0 fully saturated rings. The fraction of sp³-hybridized carbons (Fsp3) is 0.118. The van der Waals surface area contributed by atoms with E-state index in [1.54, 1.807) is 6.21 Å². The first kappa shape index (κ1) is 14.0. The fourth-order valence-electron chi connectivity index (χ4n) is 2.01. The number of hydrogen-bond donors (Lipinski definition) is 0. The zero-order valence-corrected chi connectivity index (χ0v) is 12.1. The molecule has 2 aromatic carbocycles. The Bertz CT molecular complexity index is 780. The molecule has 0 aliphatic carbocycles. The first-order valence-corrected chi connectivity index (χ1v) is 7.00. The second kappa shape index (κ2) is 6.67. The third-order valence-corrected chi connectivity index (χ3v) is 3.04. The summed E-state index contributed by atoms with van der Waals surface area (Å²) in [6.07, 6.45) is 3.09. The van der Waals surface area contributed by atoms with Crippen LogP contribution in [-0.4, -0.2) is 22.8 Å². The van der Waals surface area contributed by atoms with Crippen LogP contribution >= 0.6 is 0 Å². The molecule has 3 aromatic rings. The maximum atomic E-state index is 5.39. The largest absolute Gasteiger partial charge is 0.494 e. The van der Waals surface area contributed by atoms with Gasteiger partial charge in [0.2, 0.25) is 0 Å². The minimum absolute atomic E-state index is 0.438. The summed E-state index contributed by atoms with van der Waals surface area (Å²) in [6.45, 7) is 2.60. The average Bonchev–Trinajstić information content (AvgIpc) is 2.57. The maximum Gasteiger partial charge on any atom is 0.259 e. The highest BCUT2D eigenvalue weighted by Crippen LogP contribution is 2.20. The van der Waals surface area contributed by atoms with Gasteiger partial charge in [-0.15, -0.1) is 0 Å². The zero-order chi connectivity index (χ0) is 15.2. The fourth-order valence-corrected chi connectivity index (χ4v) is 2.01. The van der Waals surface area contributed by atoms with E-state index >= 15 is 0 Å². The third kappa shape index (κ3) is 3.20. The van der Waals surface area contributed by atoms with Gasteiger partial charge in [-0.25, -0.2) is 4.98 Å². The molecule has 0 radical (unpaired) electrons. The molecule has 0 aliphatic rings. The van der Waals surface area contributed by atoms with Crippen molar-refractivity contribution in [1.82, 2.24) is 9.97 Å². The second-order valence-corrected chi connectivity index (χ2v) is 4.52. The molecule has 0 saturated carbocycles. The molecule has 0 N–H and O–H groups in total. The Morgan fingerprint density at radius 1 is 1.05 bits per heavy atom. The van der Waals surface area contributed by atoms with Crippen LogP contribution in [0.3, 0.4) is 0 Å². The standard InChI is InChI=1S/C17H15N3O2/c1-2-21-14-9-7-13(8-10-14)11-20-22-17-15-5-3-4-6-16(15)18-12-19-17/h3-12H,2H2,1H3/b20-11-. The number of ether oxygens (including phenoxy) is 1. The number of rotatable bonds is 5. The van der Waals surface area contributed by atoms with Gasteiger partial charge in [0.05, 0.1) is 23.7 Å². The smallest absolute Gasteiger partial charge is 0.259 e. The Labute approximate surface area is 128 Å². The molecule has 0 amide bonds. The van der Waals surface area contributed by atoms with Gasteiger partial charge in [-0.3, -0.25) is 0 Å². The second-order valence-electron chi connectivity index (χ2n) is 4.52. The van der Waals surface area contributed by atoms with Gasteiger partial charge in [-0.1, -0.05) is 17.3 Å². The van der Waals surface area contributed by atoms with Crippen molar-refractivity contribution in [3.8, 4) is 11.6 Å². The van der Waals surface area contributed by atoms with Crippen molar-refractivity contribution in [1.29, 1.82) is 0 Å². The third-order valence-electron chi connectivity index (χ3n) is 3.04.